The number of esters is 1. The van der Waals surface area contributed by atoms with Crippen molar-refractivity contribution in [1.82, 2.24) is 4.98 Å². The second kappa shape index (κ2) is 6.37. The number of aromatic nitrogens is 1. The third-order valence-electron chi connectivity index (χ3n) is 2.00. The Balaban J connectivity index is 3.34. The van der Waals surface area contributed by atoms with Crippen LogP contribution in [0.4, 0.5) is 13.2 Å². The number of ether oxygens (including phenoxy) is 2. The first-order chi connectivity index (χ1) is 8.80. The first-order valence-electron chi connectivity index (χ1n) is 5.10. The number of rotatable bonds is 4. The van der Waals surface area contributed by atoms with Crippen molar-refractivity contribution in [3.63, 3.8) is 0 Å². The van der Waals surface area contributed by atoms with E-state index in [9.17, 15) is 18.0 Å². The van der Waals surface area contributed by atoms with Gasteiger partial charge in [0.2, 0.25) is 5.88 Å². The summed E-state index contributed by atoms with van der Waals surface area (Å²) < 4.78 is 45.7. The van der Waals surface area contributed by atoms with E-state index in [1.807, 2.05) is 22.6 Å². The molecule has 0 aliphatic heterocycles. The lowest BCUT2D eigenvalue weighted by Gasteiger charge is -2.15. The molecule has 2 N–H and O–H groups in total. The van der Waals surface area contributed by atoms with E-state index in [1.165, 1.54) is 6.92 Å². The number of alkyl halides is 3. The van der Waals surface area contributed by atoms with Gasteiger partial charge in [0.05, 0.1) is 6.61 Å². The Bertz CT molecular complexity index is 480. The second-order valence-corrected chi connectivity index (χ2v) is 4.40. The minimum absolute atomic E-state index is 0.0137. The number of nitrogens with zero attached hydrogens (tertiary/aromatic N) is 1. The molecule has 0 atom stereocenters. The maximum Gasteiger partial charge on any atom is 0.574 e. The summed E-state index contributed by atoms with van der Waals surface area (Å²) in [6, 6.07) is 0. The van der Waals surface area contributed by atoms with Crippen LogP contribution in [0.15, 0.2) is 6.20 Å². The summed E-state index contributed by atoms with van der Waals surface area (Å²) in [5.74, 6) is -1.81. The molecule has 0 aromatic carbocycles. The van der Waals surface area contributed by atoms with Gasteiger partial charge in [-0.2, -0.15) is 0 Å². The summed E-state index contributed by atoms with van der Waals surface area (Å²) in [6.07, 6.45) is -3.81. The first kappa shape index (κ1) is 16.0. The van der Waals surface area contributed by atoms with E-state index in [4.69, 9.17) is 10.5 Å². The average Bonchev–Trinajstić information content (AvgIpc) is 2.29. The van der Waals surface area contributed by atoms with Gasteiger partial charge in [-0.3, -0.25) is 0 Å². The Kier molecular flexibility index (Phi) is 5.35. The Hall–Kier alpha value is -1.10. The number of hydrogen-bond acceptors (Lipinski definition) is 5. The molecule has 0 saturated heterocycles. The van der Waals surface area contributed by atoms with Gasteiger partial charge in [-0.05, 0) is 29.5 Å². The lowest BCUT2D eigenvalue weighted by atomic mass is 10.1. The highest BCUT2D eigenvalue weighted by Crippen LogP contribution is 2.29. The Morgan fingerprint density at radius 2 is 2.16 bits per heavy atom. The van der Waals surface area contributed by atoms with Gasteiger partial charge in [0.15, 0.2) is 0 Å². The first-order valence-corrected chi connectivity index (χ1v) is 6.18. The molecule has 0 spiro atoms. The van der Waals surface area contributed by atoms with E-state index in [-0.39, 0.29) is 18.7 Å². The van der Waals surface area contributed by atoms with Crippen LogP contribution in [0, 0.1) is 3.57 Å². The Morgan fingerprint density at radius 1 is 1.53 bits per heavy atom. The monoisotopic (exact) mass is 390 g/mol. The molecule has 1 heterocycles. The molecule has 0 bridgehead atoms. The van der Waals surface area contributed by atoms with Gasteiger partial charge in [-0.15, -0.1) is 13.2 Å². The molecule has 0 fully saturated rings. The van der Waals surface area contributed by atoms with Crippen LogP contribution in [0.25, 0.3) is 0 Å². The molecule has 1 aromatic rings. The zero-order valence-corrected chi connectivity index (χ0v) is 11.9. The van der Waals surface area contributed by atoms with Gasteiger partial charge in [0.25, 0.3) is 0 Å². The number of hydrogen-bond donors (Lipinski definition) is 1. The van der Waals surface area contributed by atoms with E-state index in [1.54, 1.807) is 0 Å². The molecule has 9 heteroatoms. The van der Waals surface area contributed by atoms with Crippen LogP contribution in [-0.2, 0) is 11.3 Å². The van der Waals surface area contributed by atoms with Gasteiger partial charge in [-0.25, -0.2) is 9.78 Å². The lowest BCUT2D eigenvalue weighted by molar-refractivity contribution is -0.276. The average molecular weight is 390 g/mol. The minimum atomic E-state index is -4.95. The Labute approximate surface area is 120 Å². The number of carbonyl (C=O) groups excluding carboxylic acids is 1. The van der Waals surface area contributed by atoms with Crippen molar-refractivity contribution in [3.8, 4) is 5.88 Å². The summed E-state index contributed by atoms with van der Waals surface area (Å²) in [5.41, 5.74) is 5.25. The molecule has 0 amide bonds. The van der Waals surface area contributed by atoms with Crippen molar-refractivity contribution in [2.24, 2.45) is 5.73 Å². The van der Waals surface area contributed by atoms with Crippen LogP contribution < -0.4 is 10.5 Å². The molecule has 1 aromatic heterocycles. The fourth-order valence-electron chi connectivity index (χ4n) is 1.31. The highest BCUT2D eigenvalue weighted by Gasteiger charge is 2.35. The van der Waals surface area contributed by atoms with Gasteiger partial charge < -0.3 is 15.2 Å². The van der Waals surface area contributed by atoms with Gasteiger partial charge in [-0.1, -0.05) is 0 Å². The van der Waals surface area contributed by atoms with Crippen molar-refractivity contribution in [2.45, 2.75) is 19.8 Å². The predicted octanol–water partition coefficient (Wildman–Crippen LogP) is 2.22. The molecule has 0 aliphatic carbocycles. The van der Waals surface area contributed by atoms with Crippen molar-refractivity contribution in [3.05, 3.63) is 20.9 Å². The topological polar surface area (TPSA) is 74.4 Å². The maximum atomic E-state index is 12.3. The van der Waals surface area contributed by atoms with E-state index in [0.717, 1.165) is 6.20 Å². The smallest absolute Gasteiger partial charge is 0.462 e. The van der Waals surface area contributed by atoms with E-state index >= 15 is 0 Å². The molecule has 1 rings (SSSR count). The lowest BCUT2D eigenvalue weighted by Crippen LogP contribution is -2.22. The van der Waals surface area contributed by atoms with E-state index in [2.05, 4.69) is 9.72 Å². The zero-order chi connectivity index (χ0) is 14.6. The van der Waals surface area contributed by atoms with E-state index < -0.39 is 23.8 Å². The summed E-state index contributed by atoms with van der Waals surface area (Å²) in [6.45, 7) is 1.41. The molecule has 0 aliphatic rings. The third-order valence-corrected chi connectivity index (χ3v) is 2.92. The normalized spacial score (nSPS) is 11.3. The largest absolute Gasteiger partial charge is 0.574 e. The van der Waals surface area contributed by atoms with Crippen molar-refractivity contribution < 1.29 is 27.4 Å². The highest BCUT2D eigenvalue weighted by atomic mass is 127. The predicted molar refractivity (Wildman–Crippen MR) is 67.5 cm³/mol. The van der Waals surface area contributed by atoms with Crippen LogP contribution in [0.5, 0.6) is 5.88 Å². The summed E-state index contributed by atoms with van der Waals surface area (Å²) in [5, 5.41) is 0. The quantitative estimate of drug-likeness (QED) is 0.631. The molecule has 5 nitrogen and oxygen atoms in total. The molecule has 0 radical (unpaired) electrons. The summed E-state index contributed by atoms with van der Waals surface area (Å²) >= 11 is 1.81. The molecule has 19 heavy (non-hydrogen) atoms. The molecular weight excluding hydrogens is 380 g/mol. The van der Waals surface area contributed by atoms with Gasteiger partial charge in [0, 0.05) is 21.9 Å². The third kappa shape index (κ3) is 4.20. The second-order valence-electron chi connectivity index (χ2n) is 3.24. The molecule has 0 saturated carbocycles. The molecule has 0 unspecified atom stereocenters. The number of nitrogens with two attached hydrogens (primary N) is 1. The Morgan fingerprint density at radius 3 is 2.63 bits per heavy atom. The maximum absolute atomic E-state index is 12.3. The van der Waals surface area contributed by atoms with Crippen LogP contribution in [-0.4, -0.2) is 23.9 Å². The summed E-state index contributed by atoms with van der Waals surface area (Å²) in [4.78, 5) is 15.2. The highest BCUT2D eigenvalue weighted by molar-refractivity contribution is 14.1. The number of pyridine rings is 1. The van der Waals surface area contributed by atoms with Crippen molar-refractivity contribution in [1.29, 1.82) is 0 Å². The summed E-state index contributed by atoms with van der Waals surface area (Å²) in [7, 11) is 0. The molecular formula is C10H10F3IN2O3. The van der Waals surface area contributed by atoms with Crippen molar-refractivity contribution in [2.75, 3.05) is 6.61 Å². The minimum Gasteiger partial charge on any atom is -0.462 e. The van der Waals surface area contributed by atoms with Crippen molar-refractivity contribution >= 4 is 28.6 Å². The van der Waals surface area contributed by atoms with Crippen LogP contribution in [0.2, 0.25) is 0 Å². The van der Waals surface area contributed by atoms with Gasteiger partial charge in [0.1, 0.15) is 5.56 Å². The fourth-order valence-corrected chi connectivity index (χ4v) is 1.94. The van der Waals surface area contributed by atoms with Gasteiger partial charge >= 0.3 is 12.3 Å². The fraction of sp³-hybridized carbons (Fsp3) is 0.400. The number of carbonyl (C=O) groups is 1. The molecule has 106 valence electrons. The zero-order valence-electron chi connectivity index (χ0n) is 9.75. The SMILES string of the molecule is CCOC(=O)c1c(OC(F)(F)F)ncc(I)c1CN. The van der Waals surface area contributed by atoms with E-state index in [0.29, 0.717) is 3.57 Å². The standard InChI is InChI=1S/C10H10F3IN2O3/c1-2-18-9(17)7-5(3-15)6(14)4-16-8(7)19-10(11,12)13/h4H,2-3,15H2,1H3. The number of halogens is 4. The van der Waals surface area contributed by atoms with Crippen LogP contribution in [0.3, 0.4) is 0 Å². The van der Waals surface area contributed by atoms with Crippen LogP contribution in [0.1, 0.15) is 22.8 Å². The van der Waals surface area contributed by atoms with Crippen LogP contribution >= 0.6 is 22.6 Å².